The summed E-state index contributed by atoms with van der Waals surface area (Å²) < 4.78 is 1.48. The highest BCUT2D eigenvalue weighted by Gasteiger charge is 2.18. The summed E-state index contributed by atoms with van der Waals surface area (Å²) in [5.41, 5.74) is 2.48. The monoisotopic (exact) mass is 434 g/mol. The minimum absolute atomic E-state index is 0.0160. The highest BCUT2D eigenvalue weighted by atomic mass is 16.6. The molecule has 164 valence electrons. The molecule has 32 heavy (non-hydrogen) atoms. The van der Waals surface area contributed by atoms with E-state index in [1.54, 1.807) is 23.2 Å². The average molecular weight is 434 g/mol. The topological polar surface area (TPSA) is 122 Å². The fourth-order valence-corrected chi connectivity index (χ4v) is 3.47. The first-order chi connectivity index (χ1) is 15.5. The van der Waals surface area contributed by atoms with E-state index in [-0.39, 0.29) is 24.2 Å². The van der Waals surface area contributed by atoms with E-state index < -0.39 is 4.92 Å². The molecule has 0 atom stereocenters. The highest BCUT2D eigenvalue weighted by molar-refractivity contribution is 5.93. The fourth-order valence-electron chi connectivity index (χ4n) is 3.47. The molecule has 0 radical (unpaired) electrons. The number of hydrogen-bond donors (Lipinski definition) is 2. The average Bonchev–Trinajstić information content (AvgIpc) is 3.50. The maximum absolute atomic E-state index is 12.5. The van der Waals surface area contributed by atoms with Crippen LogP contribution >= 0.6 is 0 Å². The molecule has 4 rings (SSSR count). The summed E-state index contributed by atoms with van der Waals surface area (Å²) in [6.45, 7) is 1.83. The third kappa shape index (κ3) is 4.91. The van der Waals surface area contributed by atoms with Gasteiger partial charge in [0.2, 0.25) is 0 Å². The first-order valence-corrected chi connectivity index (χ1v) is 10.2. The molecule has 2 heterocycles. The molecule has 3 aromatic rings. The maximum Gasteiger partial charge on any atom is 0.321 e. The van der Waals surface area contributed by atoms with Gasteiger partial charge in [-0.3, -0.25) is 14.9 Å². The molecule has 2 N–H and O–H groups in total. The summed E-state index contributed by atoms with van der Waals surface area (Å²) in [6, 6.07) is 13.1. The lowest BCUT2D eigenvalue weighted by atomic mass is 10.2. The summed E-state index contributed by atoms with van der Waals surface area (Å²) >= 11 is 0. The van der Waals surface area contributed by atoms with Crippen molar-refractivity contribution in [3.05, 3.63) is 82.2 Å². The number of likely N-dealkylation sites (tertiary alicyclic amines) is 1. The Morgan fingerprint density at radius 2 is 1.84 bits per heavy atom. The van der Waals surface area contributed by atoms with Crippen molar-refractivity contribution in [2.24, 2.45) is 0 Å². The smallest absolute Gasteiger partial charge is 0.321 e. The van der Waals surface area contributed by atoms with Crippen LogP contribution in [0.2, 0.25) is 0 Å². The van der Waals surface area contributed by atoms with Gasteiger partial charge in [0, 0.05) is 43.7 Å². The number of nitrogens with zero attached hydrogens (tertiary/aromatic N) is 4. The first kappa shape index (κ1) is 21.0. The molecule has 0 spiro atoms. The summed E-state index contributed by atoms with van der Waals surface area (Å²) in [4.78, 5) is 36.9. The van der Waals surface area contributed by atoms with E-state index in [0.717, 1.165) is 31.5 Å². The number of carbonyl (C=O) groups excluding carboxylic acids is 2. The molecule has 0 saturated carbocycles. The van der Waals surface area contributed by atoms with Crippen LogP contribution in [-0.4, -0.2) is 44.6 Å². The molecule has 1 aromatic heterocycles. The van der Waals surface area contributed by atoms with Crippen LogP contribution in [0.3, 0.4) is 0 Å². The summed E-state index contributed by atoms with van der Waals surface area (Å²) in [6.07, 6.45) is 5.05. The van der Waals surface area contributed by atoms with Crippen molar-refractivity contribution in [3.63, 3.8) is 0 Å². The standard InChI is InChI=1S/C22H22N6O4/c29-21(17-14-24-27(15-17)19-6-8-20(9-7-19)28(31)32)23-13-16-4-3-5-18(12-16)25-22(30)26-10-1-2-11-26/h3-9,12,14-15H,1-2,10-11,13H2,(H,23,29)(H,25,30). The Balaban J connectivity index is 1.35. The van der Waals surface area contributed by atoms with Gasteiger partial charge >= 0.3 is 6.03 Å². The third-order valence-corrected chi connectivity index (χ3v) is 5.19. The van der Waals surface area contributed by atoms with Gasteiger partial charge in [0.1, 0.15) is 0 Å². The van der Waals surface area contributed by atoms with Gasteiger partial charge in [0.15, 0.2) is 0 Å². The van der Waals surface area contributed by atoms with Crippen molar-refractivity contribution in [3.8, 4) is 5.69 Å². The third-order valence-electron chi connectivity index (χ3n) is 5.19. The Kier molecular flexibility index (Phi) is 6.11. The van der Waals surface area contributed by atoms with E-state index >= 15 is 0 Å². The molecule has 2 aromatic carbocycles. The molecule has 3 amide bonds. The van der Waals surface area contributed by atoms with Crippen LogP contribution in [0, 0.1) is 10.1 Å². The number of amides is 3. The van der Waals surface area contributed by atoms with Crippen LogP contribution in [0.25, 0.3) is 5.69 Å². The number of benzene rings is 2. The SMILES string of the molecule is O=C(NCc1cccc(NC(=O)N2CCCC2)c1)c1cnn(-c2ccc([N+](=O)[O-])cc2)c1. The van der Waals surface area contributed by atoms with Crippen LogP contribution in [0.5, 0.6) is 0 Å². The Morgan fingerprint density at radius 3 is 2.56 bits per heavy atom. The van der Waals surface area contributed by atoms with Crippen LogP contribution in [0.15, 0.2) is 60.9 Å². The van der Waals surface area contributed by atoms with Crippen molar-refractivity contribution >= 4 is 23.3 Å². The fraction of sp³-hybridized carbons (Fsp3) is 0.227. The van der Waals surface area contributed by atoms with Gasteiger partial charge in [-0.15, -0.1) is 0 Å². The number of anilines is 1. The van der Waals surface area contributed by atoms with Gasteiger partial charge in [-0.2, -0.15) is 5.10 Å². The van der Waals surface area contributed by atoms with E-state index in [1.165, 1.54) is 23.0 Å². The minimum Gasteiger partial charge on any atom is -0.348 e. The second-order valence-corrected chi connectivity index (χ2v) is 7.45. The van der Waals surface area contributed by atoms with Gasteiger partial charge in [-0.25, -0.2) is 9.48 Å². The number of hydrogen-bond acceptors (Lipinski definition) is 5. The maximum atomic E-state index is 12.5. The zero-order chi connectivity index (χ0) is 22.5. The molecular formula is C22H22N6O4. The Hall–Kier alpha value is -4.21. The number of urea groups is 1. The van der Waals surface area contributed by atoms with Gasteiger partial charge in [-0.1, -0.05) is 12.1 Å². The molecule has 0 bridgehead atoms. The molecule has 1 saturated heterocycles. The number of rotatable bonds is 6. The lowest BCUT2D eigenvalue weighted by molar-refractivity contribution is -0.384. The minimum atomic E-state index is -0.474. The van der Waals surface area contributed by atoms with E-state index in [9.17, 15) is 19.7 Å². The lowest BCUT2D eigenvalue weighted by Crippen LogP contribution is -2.32. The van der Waals surface area contributed by atoms with Crippen molar-refractivity contribution in [1.82, 2.24) is 20.0 Å². The molecule has 1 aliphatic heterocycles. The highest BCUT2D eigenvalue weighted by Crippen LogP contribution is 2.16. The number of carbonyl (C=O) groups is 2. The molecule has 10 nitrogen and oxygen atoms in total. The van der Waals surface area contributed by atoms with E-state index in [0.29, 0.717) is 16.9 Å². The normalized spacial score (nSPS) is 13.1. The number of nitro groups is 1. The van der Waals surface area contributed by atoms with E-state index in [1.807, 2.05) is 24.3 Å². The molecule has 10 heteroatoms. The first-order valence-electron chi connectivity index (χ1n) is 10.2. The van der Waals surface area contributed by atoms with E-state index in [4.69, 9.17) is 0 Å². The van der Waals surface area contributed by atoms with Crippen molar-refractivity contribution in [2.75, 3.05) is 18.4 Å². The predicted molar refractivity (Wildman–Crippen MR) is 118 cm³/mol. The lowest BCUT2D eigenvalue weighted by Gasteiger charge is -2.16. The number of non-ortho nitro benzene ring substituents is 1. The van der Waals surface area contributed by atoms with E-state index in [2.05, 4.69) is 15.7 Å². The number of nitro benzene ring substituents is 1. The van der Waals surface area contributed by atoms with Gasteiger partial charge in [0.25, 0.3) is 11.6 Å². The van der Waals surface area contributed by atoms with Gasteiger partial charge in [-0.05, 0) is 42.7 Å². The molecule has 1 fully saturated rings. The quantitative estimate of drug-likeness (QED) is 0.455. The van der Waals surface area contributed by atoms with Crippen molar-refractivity contribution in [1.29, 1.82) is 0 Å². The molecule has 0 unspecified atom stereocenters. The van der Waals surface area contributed by atoms with Crippen molar-refractivity contribution < 1.29 is 14.5 Å². The zero-order valence-corrected chi connectivity index (χ0v) is 17.2. The zero-order valence-electron chi connectivity index (χ0n) is 17.2. The largest absolute Gasteiger partial charge is 0.348 e. The van der Waals surface area contributed by atoms with Gasteiger partial charge in [0.05, 0.1) is 22.4 Å². The Morgan fingerprint density at radius 1 is 1.09 bits per heavy atom. The predicted octanol–water partition coefficient (Wildman–Crippen LogP) is 3.34. The Labute approximate surface area is 184 Å². The second kappa shape index (κ2) is 9.29. The Bertz CT molecular complexity index is 1140. The molecular weight excluding hydrogens is 412 g/mol. The van der Waals surface area contributed by atoms with Gasteiger partial charge < -0.3 is 15.5 Å². The van der Waals surface area contributed by atoms with Crippen LogP contribution < -0.4 is 10.6 Å². The molecule has 0 aliphatic carbocycles. The number of nitrogens with one attached hydrogen (secondary N) is 2. The molecule has 1 aliphatic rings. The van der Waals surface area contributed by atoms with Crippen LogP contribution in [0.1, 0.15) is 28.8 Å². The summed E-state index contributed by atoms with van der Waals surface area (Å²) in [5, 5.41) is 20.7. The van der Waals surface area contributed by atoms with Crippen molar-refractivity contribution in [2.45, 2.75) is 19.4 Å². The summed E-state index contributed by atoms with van der Waals surface area (Å²) in [7, 11) is 0. The second-order valence-electron chi connectivity index (χ2n) is 7.45. The van der Waals surface area contributed by atoms with Crippen LogP contribution in [-0.2, 0) is 6.54 Å². The van der Waals surface area contributed by atoms with Crippen LogP contribution in [0.4, 0.5) is 16.2 Å². The number of aromatic nitrogens is 2. The summed E-state index contributed by atoms with van der Waals surface area (Å²) in [5.74, 6) is -0.301.